The van der Waals surface area contributed by atoms with Crippen LogP contribution in [-0.2, 0) is 16.0 Å². The van der Waals surface area contributed by atoms with Gasteiger partial charge in [0.05, 0.1) is 24.5 Å². The average Bonchev–Trinajstić information content (AvgIpc) is 2.88. The van der Waals surface area contributed by atoms with Crippen molar-refractivity contribution in [3.05, 3.63) is 53.6 Å². The lowest BCUT2D eigenvalue weighted by Crippen LogP contribution is -1.99. The second kappa shape index (κ2) is 10.9. The van der Waals surface area contributed by atoms with E-state index < -0.39 is 0 Å². The summed E-state index contributed by atoms with van der Waals surface area (Å²) in [4.78, 5) is 0. The van der Waals surface area contributed by atoms with E-state index in [1.807, 2.05) is 20.0 Å². The first-order valence-electron chi connectivity index (χ1n) is 8.39. The van der Waals surface area contributed by atoms with Crippen LogP contribution >= 0.6 is 11.6 Å². The molecule has 0 atom stereocenters. The van der Waals surface area contributed by atoms with E-state index >= 15 is 0 Å². The highest BCUT2D eigenvalue weighted by molar-refractivity contribution is 6.48. The summed E-state index contributed by atoms with van der Waals surface area (Å²) in [7, 11) is 1.70. The number of ether oxygens (including phenoxy) is 2. The first-order chi connectivity index (χ1) is 11.9. The van der Waals surface area contributed by atoms with Crippen molar-refractivity contribution in [3.63, 3.8) is 0 Å². The molecule has 0 radical (unpaired) electrons. The second-order valence-corrected chi connectivity index (χ2v) is 6.29. The Morgan fingerprint density at radius 2 is 2.12 bits per heavy atom. The summed E-state index contributed by atoms with van der Waals surface area (Å²) in [6.45, 7) is 15.7. The van der Waals surface area contributed by atoms with Gasteiger partial charge in [-0.05, 0) is 13.8 Å². The molecule has 4 heteroatoms. The van der Waals surface area contributed by atoms with Gasteiger partial charge in [0.15, 0.2) is 0 Å². The number of hydrogen-bond donors (Lipinski definition) is 0. The molecule has 0 aliphatic rings. The SMILES string of the molecule is C=C(CC)OCCC#Cc1cn(C/C=C(\C)COC)c(C)c1C(=C)Cl. The number of aromatic nitrogens is 1. The minimum Gasteiger partial charge on any atom is -0.498 e. The van der Waals surface area contributed by atoms with Crippen molar-refractivity contribution in [2.75, 3.05) is 20.3 Å². The van der Waals surface area contributed by atoms with Gasteiger partial charge >= 0.3 is 0 Å². The quantitative estimate of drug-likeness (QED) is 0.258. The number of halogens is 1. The van der Waals surface area contributed by atoms with Crippen molar-refractivity contribution in [3.8, 4) is 11.8 Å². The lowest BCUT2D eigenvalue weighted by Gasteiger charge is -2.05. The van der Waals surface area contributed by atoms with Gasteiger partial charge in [-0.15, -0.1) is 0 Å². The monoisotopic (exact) mass is 361 g/mol. The molecule has 3 nitrogen and oxygen atoms in total. The molecule has 0 fully saturated rings. The topological polar surface area (TPSA) is 23.4 Å². The molecular weight excluding hydrogens is 334 g/mol. The van der Waals surface area contributed by atoms with Crippen LogP contribution in [0.2, 0.25) is 0 Å². The molecule has 0 spiro atoms. The molecule has 1 rings (SSSR count). The summed E-state index contributed by atoms with van der Waals surface area (Å²) >= 11 is 6.19. The van der Waals surface area contributed by atoms with Crippen LogP contribution in [0.4, 0.5) is 0 Å². The van der Waals surface area contributed by atoms with Gasteiger partial charge in [-0.3, -0.25) is 0 Å². The third-order valence-electron chi connectivity index (χ3n) is 3.78. The van der Waals surface area contributed by atoms with E-state index in [-0.39, 0.29) is 0 Å². The largest absolute Gasteiger partial charge is 0.498 e. The molecule has 0 unspecified atom stereocenters. The summed E-state index contributed by atoms with van der Waals surface area (Å²) in [5.41, 5.74) is 4.04. The molecule has 0 saturated heterocycles. The predicted molar refractivity (Wildman–Crippen MR) is 107 cm³/mol. The van der Waals surface area contributed by atoms with Gasteiger partial charge in [0.1, 0.15) is 0 Å². The molecule has 136 valence electrons. The van der Waals surface area contributed by atoms with Gasteiger partial charge in [0, 0.05) is 49.0 Å². The van der Waals surface area contributed by atoms with Gasteiger partial charge in [0.2, 0.25) is 0 Å². The Labute approximate surface area is 157 Å². The molecule has 1 aromatic heterocycles. The zero-order valence-corrected chi connectivity index (χ0v) is 16.5. The number of allylic oxidation sites excluding steroid dienone is 2. The number of rotatable bonds is 9. The van der Waals surface area contributed by atoms with Gasteiger partial charge in [-0.2, -0.15) is 0 Å². The Balaban J connectivity index is 2.89. The highest BCUT2D eigenvalue weighted by Gasteiger charge is 2.12. The molecule has 0 N–H and O–H groups in total. The molecule has 0 aliphatic carbocycles. The van der Waals surface area contributed by atoms with Crippen LogP contribution in [0.5, 0.6) is 0 Å². The van der Waals surface area contributed by atoms with E-state index in [1.54, 1.807) is 7.11 Å². The summed E-state index contributed by atoms with van der Waals surface area (Å²) in [6.07, 6.45) is 5.62. The molecule has 1 aromatic rings. The van der Waals surface area contributed by atoms with E-state index in [4.69, 9.17) is 21.1 Å². The molecule has 0 saturated carbocycles. The molecule has 0 aromatic carbocycles. The zero-order valence-electron chi connectivity index (χ0n) is 15.7. The maximum Gasteiger partial charge on any atom is 0.0986 e. The predicted octanol–water partition coefficient (Wildman–Crippen LogP) is 5.28. The van der Waals surface area contributed by atoms with Crippen LogP contribution < -0.4 is 0 Å². The molecule has 0 amide bonds. The molecule has 25 heavy (non-hydrogen) atoms. The van der Waals surface area contributed by atoms with Crippen molar-refractivity contribution in [1.29, 1.82) is 0 Å². The average molecular weight is 362 g/mol. The van der Waals surface area contributed by atoms with Crippen molar-refractivity contribution in [2.45, 2.75) is 40.2 Å². The van der Waals surface area contributed by atoms with Crippen LogP contribution in [-0.4, -0.2) is 24.9 Å². The third-order valence-corrected chi connectivity index (χ3v) is 3.97. The Morgan fingerprint density at radius 1 is 1.40 bits per heavy atom. The van der Waals surface area contributed by atoms with Crippen molar-refractivity contribution < 1.29 is 9.47 Å². The number of hydrogen-bond acceptors (Lipinski definition) is 2. The van der Waals surface area contributed by atoms with E-state index in [0.29, 0.717) is 24.7 Å². The Bertz CT molecular complexity index is 701. The minimum absolute atomic E-state index is 0.508. The first-order valence-corrected chi connectivity index (χ1v) is 8.77. The smallest absolute Gasteiger partial charge is 0.0986 e. The fourth-order valence-electron chi connectivity index (χ4n) is 2.33. The highest BCUT2D eigenvalue weighted by Crippen LogP contribution is 2.26. The summed E-state index contributed by atoms with van der Waals surface area (Å²) in [5.74, 6) is 7.12. The fraction of sp³-hybridized carbons (Fsp3) is 0.429. The zero-order chi connectivity index (χ0) is 18.8. The second-order valence-electron chi connectivity index (χ2n) is 5.84. The molecule has 1 heterocycles. The molecule has 0 aliphatic heterocycles. The van der Waals surface area contributed by atoms with Gasteiger partial charge < -0.3 is 14.0 Å². The van der Waals surface area contributed by atoms with Crippen LogP contribution in [0, 0.1) is 18.8 Å². The summed E-state index contributed by atoms with van der Waals surface area (Å²) in [5, 5.41) is 0.508. The number of methoxy groups -OCH3 is 1. The Kier molecular flexibility index (Phi) is 9.20. The van der Waals surface area contributed by atoms with E-state index in [2.05, 4.69) is 42.6 Å². The first kappa shape index (κ1) is 21.2. The van der Waals surface area contributed by atoms with Crippen molar-refractivity contribution in [2.24, 2.45) is 0 Å². The standard InChI is InChI=1S/C21H28ClNO2/c1-7-17(3)25-13-9-8-10-20-14-23(12-11-16(2)15-24-6)19(5)21(20)18(4)22/h11,14H,3-4,7,9,12-13,15H2,1-2,5-6H3/b16-11+. The Hall–Kier alpha value is -1.89. The Morgan fingerprint density at radius 3 is 2.72 bits per heavy atom. The van der Waals surface area contributed by atoms with Gasteiger partial charge in [-0.25, -0.2) is 0 Å². The van der Waals surface area contributed by atoms with Gasteiger partial charge in [-0.1, -0.05) is 55.2 Å². The van der Waals surface area contributed by atoms with Crippen LogP contribution in [0.1, 0.15) is 43.5 Å². The lowest BCUT2D eigenvalue weighted by molar-refractivity contribution is 0.213. The van der Waals surface area contributed by atoms with Crippen molar-refractivity contribution in [1.82, 2.24) is 4.57 Å². The summed E-state index contributed by atoms with van der Waals surface area (Å²) in [6, 6.07) is 0. The van der Waals surface area contributed by atoms with Crippen LogP contribution in [0.25, 0.3) is 5.03 Å². The van der Waals surface area contributed by atoms with Crippen LogP contribution in [0.15, 0.2) is 36.8 Å². The van der Waals surface area contributed by atoms with E-state index in [1.165, 1.54) is 5.57 Å². The molecule has 0 bridgehead atoms. The highest BCUT2D eigenvalue weighted by atomic mass is 35.5. The van der Waals surface area contributed by atoms with Gasteiger partial charge in [0.25, 0.3) is 0 Å². The third kappa shape index (κ3) is 6.86. The molecular formula is C21H28ClNO2. The maximum absolute atomic E-state index is 6.19. The minimum atomic E-state index is 0.508. The lowest BCUT2D eigenvalue weighted by atomic mass is 10.1. The summed E-state index contributed by atoms with van der Waals surface area (Å²) < 4.78 is 12.7. The van der Waals surface area contributed by atoms with Crippen molar-refractivity contribution >= 4 is 16.6 Å². The maximum atomic E-state index is 6.19. The number of nitrogens with zero attached hydrogens (tertiary/aromatic N) is 1. The fourth-order valence-corrected chi connectivity index (χ4v) is 2.57. The normalized spacial score (nSPS) is 11.0. The van der Waals surface area contributed by atoms with Crippen LogP contribution in [0.3, 0.4) is 0 Å². The van der Waals surface area contributed by atoms with E-state index in [0.717, 1.165) is 35.5 Å². The van der Waals surface area contributed by atoms with E-state index in [9.17, 15) is 0 Å².